The van der Waals surface area contributed by atoms with E-state index in [1.807, 2.05) is 6.92 Å². The predicted molar refractivity (Wildman–Crippen MR) is 147 cm³/mol. The van der Waals surface area contributed by atoms with Crippen molar-refractivity contribution in [3.8, 4) is 0 Å². The summed E-state index contributed by atoms with van der Waals surface area (Å²) in [7, 11) is 4.35. The van der Waals surface area contributed by atoms with Gasteiger partial charge in [-0.25, -0.2) is 4.98 Å². The molecule has 2 amide bonds. The van der Waals surface area contributed by atoms with Gasteiger partial charge in [0.1, 0.15) is 17.8 Å². The molecule has 2 unspecified atom stereocenters. The first-order valence-electron chi connectivity index (χ1n) is 12.7. The number of aromatic nitrogens is 1. The molecule has 0 radical (unpaired) electrons. The van der Waals surface area contributed by atoms with Crippen LogP contribution in [0, 0.1) is 10.1 Å². The monoisotopic (exact) mass is 590 g/mol. The third kappa shape index (κ3) is 17.0. The van der Waals surface area contributed by atoms with Crippen LogP contribution in [0.15, 0.2) is 23.4 Å². The Morgan fingerprint density at radius 2 is 1.79 bits per heavy atom. The number of nitro groups is 1. The summed E-state index contributed by atoms with van der Waals surface area (Å²) in [5.41, 5.74) is -0.0531. The molecule has 1 rings (SSSR count). The molecule has 0 aliphatic heterocycles. The average Bonchev–Trinajstić information content (AvgIpc) is 2.93. The van der Waals surface area contributed by atoms with Crippen LogP contribution in [0.5, 0.6) is 0 Å². The standard InChI is InChI=1S/C24H38N4O9S2/c1-3-19(16-29)37-24(35-2)17-36-23(32)9-4-7-20(30)25-12-6-13-26-21(31)8-5-14-38-39-22-11-10-18(15-27-22)28(33)34/h10-11,15,19,24,29H,3-9,12-14,16-17H2,1-2H3,(H,25,30)(H,26,31). The number of carbonyl (C=O) groups excluding carboxylic acids is 3. The van der Waals surface area contributed by atoms with Gasteiger partial charge in [-0.05, 0) is 42.5 Å². The van der Waals surface area contributed by atoms with E-state index in [4.69, 9.17) is 19.3 Å². The lowest BCUT2D eigenvalue weighted by molar-refractivity contribution is -0.385. The van der Waals surface area contributed by atoms with E-state index in [2.05, 4.69) is 15.6 Å². The molecular weight excluding hydrogens is 552 g/mol. The lowest BCUT2D eigenvalue weighted by Gasteiger charge is -2.21. The minimum atomic E-state index is -0.764. The Labute approximate surface area is 236 Å². The molecule has 0 aliphatic rings. The summed E-state index contributed by atoms with van der Waals surface area (Å²) in [5, 5.41) is 26.0. The van der Waals surface area contributed by atoms with Crippen molar-refractivity contribution in [2.75, 3.05) is 39.2 Å². The molecule has 1 aromatic heterocycles. The quantitative estimate of drug-likeness (QED) is 0.0449. The molecule has 0 aliphatic carbocycles. The first-order valence-corrected chi connectivity index (χ1v) is 15.0. The van der Waals surface area contributed by atoms with Gasteiger partial charge < -0.3 is 30.0 Å². The van der Waals surface area contributed by atoms with Gasteiger partial charge in [0, 0.05) is 51.3 Å². The number of esters is 1. The third-order valence-corrected chi connectivity index (χ3v) is 7.49. The Bertz CT molecular complexity index is 874. The summed E-state index contributed by atoms with van der Waals surface area (Å²) in [6, 6.07) is 3.00. The number of hydrogen-bond acceptors (Lipinski definition) is 12. The fourth-order valence-corrected chi connectivity index (χ4v) is 4.86. The van der Waals surface area contributed by atoms with Gasteiger partial charge >= 0.3 is 5.97 Å². The van der Waals surface area contributed by atoms with E-state index in [0.717, 1.165) is 5.75 Å². The van der Waals surface area contributed by atoms with E-state index in [9.17, 15) is 24.5 Å². The predicted octanol–water partition coefficient (Wildman–Crippen LogP) is 2.61. The van der Waals surface area contributed by atoms with Crippen molar-refractivity contribution in [2.45, 2.75) is 69.3 Å². The largest absolute Gasteiger partial charge is 0.460 e. The number of nitrogens with one attached hydrogen (secondary N) is 2. The summed E-state index contributed by atoms with van der Waals surface area (Å²) in [4.78, 5) is 49.8. The van der Waals surface area contributed by atoms with Crippen molar-refractivity contribution in [2.24, 2.45) is 0 Å². The molecule has 0 saturated heterocycles. The third-order valence-electron chi connectivity index (χ3n) is 5.14. The van der Waals surface area contributed by atoms with Crippen LogP contribution in [-0.4, -0.2) is 84.4 Å². The maximum Gasteiger partial charge on any atom is 0.305 e. The minimum absolute atomic E-state index is 0.0531. The van der Waals surface area contributed by atoms with Gasteiger partial charge in [0.05, 0.1) is 17.6 Å². The molecule has 3 N–H and O–H groups in total. The number of ether oxygens (including phenoxy) is 3. The molecule has 39 heavy (non-hydrogen) atoms. The van der Waals surface area contributed by atoms with Crippen molar-refractivity contribution in [3.63, 3.8) is 0 Å². The Morgan fingerprint density at radius 3 is 2.36 bits per heavy atom. The molecule has 0 spiro atoms. The number of aliphatic hydroxyl groups is 1. The van der Waals surface area contributed by atoms with E-state index in [1.165, 1.54) is 41.0 Å². The second kappa shape index (κ2) is 21.4. The lowest BCUT2D eigenvalue weighted by atomic mass is 10.2. The fourth-order valence-electron chi connectivity index (χ4n) is 2.92. The van der Waals surface area contributed by atoms with E-state index in [-0.39, 0.29) is 43.6 Å². The summed E-state index contributed by atoms with van der Waals surface area (Å²) in [5.74, 6) is 0.0113. The number of rotatable bonds is 22. The van der Waals surface area contributed by atoms with Gasteiger partial charge in [-0.3, -0.25) is 24.5 Å². The fraction of sp³-hybridized carbons (Fsp3) is 0.667. The molecule has 0 fully saturated rings. The Kier molecular flexibility index (Phi) is 18.9. The molecule has 220 valence electrons. The van der Waals surface area contributed by atoms with Gasteiger partial charge in [-0.1, -0.05) is 17.7 Å². The number of nitrogens with zero attached hydrogens (tertiary/aromatic N) is 2. The Balaban J connectivity index is 2.00. The van der Waals surface area contributed by atoms with Crippen molar-refractivity contribution in [3.05, 3.63) is 28.4 Å². The highest BCUT2D eigenvalue weighted by Crippen LogP contribution is 2.30. The summed E-state index contributed by atoms with van der Waals surface area (Å²) >= 11 is 0. The van der Waals surface area contributed by atoms with Crippen LogP contribution in [-0.2, 0) is 28.6 Å². The number of methoxy groups -OCH3 is 1. The van der Waals surface area contributed by atoms with E-state index >= 15 is 0 Å². The van der Waals surface area contributed by atoms with E-state index in [0.29, 0.717) is 50.2 Å². The van der Waals surface area contributed by atoms with Crippen LogP contribution in [0.3, 0.4) is 0 Å². The summed E-state index contributed by atoms with van der Waals surface area (Å²) in [6.07, 6.45) is 2.89. The maximum absolute atomic E-state index is 11.9. The zero-order valence-corrected chi connectivity index (χ0v) is 23.9. The molecule has 1 heterocycles. The molecule has 0 bridgehead atoms. The molecule has 1 aromatic rings. The van der Waals surface area contributed by atoms with Crippen molar-refractivity contribution in [1.29, 1.82) is 0 Å². The van der Waals surface area contributed by atoms with Crippen LogP contribution in [0.25, 0.3) is 0 Å². The molecule has 13 nitrogen and oxygen atoms in total. The highest BCUT2D eigenvalue weighted by Gasteiger charge is 2.16. The minimum Gasteiger partial charge on any atom is -0.460 e. The number of hydrogen-bond donors (Lipinski definition) is 3. The average molecular weight is 591 g/mol. The van der Waals surface area contributed by atoms with Crippen molar-refractivity contribution in [1.82, 2.24) is 15.6 Å². The zero-order valence-electron chi connectivity index (χ0n) is 22.3. The summed E-state index contributed by atoms with van der Waals surface area (Å²) in [6.45, 7) is 2.46. The first kappa shape index (κ1) is 34.6. The van der Waals surface area contributed by atoms with Crippen LogP contribution < -0.4 is 10.6 Å². The molecular formula is C24H38N4O9S2. The van der Waals surface area contributed by atoms with Crippen LogP contribution >= 0.6 is 21.6 Å². The first-order chi connectivity index (χ1) is 18.8. The Hall–Kier alpha value is -2.46. The second-order valence-electron chi connectivity index (χ2n) is 8.22. The van der Waals surface area contributed by atoms with Crippen molar-refractivity contribution < 1.29 is 38.6 Å². The molecule has 0 saturated carbocycles. The zero-order chi connectivity index (χ0) is 28.9. The number of pyridine rings is 1. The van der Waals surface area contributed by atoms with Gasteiger partial charge in [-0.15, -0.1) is 0 Å². The Morgan fingerprint density at radius 1 is 1.10 bits per heavy atom. The van der Waals surface area contributed by atoms with E-state index < -0.39 is 23.3 Å². The van der Waals surface area contributed by atoms with Crippen LogP contribution in [0.1, 0.15) is 51.9 Å². The highest BCUT2D eigenvalue weighted by molar-refractivity contribution is 8.76. The van der Waals surface area contributed by atoms with Gasteiger partial charge in [-0.2, -0.15) is 0 Å². The highest BCUT2D eigenvalue weighted by atomic mass is 33.1. The number of aliphatic hydroxyl groups excluding tert-OH is 1. The smallest absolute Gasteiger partial charge is 0.305 e. The molecule has 2 atom stereocenters. The van der Waals surface area contributed by atoms with Gasteiger partial charge in [0.2, 0.25) is 11.8 Å². The normalized spacial score (nSPS) is 12.4. The lowest BCUT2D eigenvalue weighted by Crippen LogP contribution is -2.31. The van der Waals surface area contributed by atoms with Crippen LogP contribution in [0.2, 0.25) is 0 Å². The van der Waals surface area contributed by atoms with Crippen LogP contribution in [0.4, 0.5) is 5.69 Å². The number of carbonyl (C=O) groups is 3. The van der Waals surface area contributed by atoms with Gasteiger partial charge in [0.25, 0.3) is 5.69 Å². The SMILES string of the molecule is CCC(CO)OC(COC(=O)CCCC(=O)NCCCNC(=O)CCCSSc1ccc([N+](=O)[O-])cn1)OC. The van der Waals surface area contributed by atoms with Crippen molar-refractivity contribution >= 4 is 45.1 Å². The summed E-state index contributed by atoms with van der Waals surface area (Å²) < 4.78 is 15.7. The van der Waals surface area contributed by atoms with Gasteiger partial charge in [0.15, 0.2) is 6.29 Å². The van der Waals surface area contributed by atoms with E-state index in [1.54, 1.807) is 6.07 Å². The molecule has 0 aromatic carbocycles. The maximum atomic E-state index is 11.9. The number of amides is 2. The topological polar surface area (TPSA) is 179 Å². The molecule has 15 heteroatoms. The second-order valence-corrected chi connectivity index (χ2v) is 10.7.